The standard InChI is InChI=1S/C7H5Cl2F2NO3S/c8-3-1-4(9)6(16(12,13)14)2-5(3)15-7(10)11/h1-2,7H,(H2,12,13,14). The highest BCUT2D eigenvalue weighted by Crippen LogP contribution is 2.33. The number of nitrogens with two attached hydrogens (primary N) is 1. The molecule has 1 rings (SSSR count). The number of sulfonamides is 1. The van der Waals surface area contributed by atoms with E-state index in [9.17, 15) is 17.2 Å². The lowest BCUT2D eigenvalue weighted by atomic mass is 10.3. The number of hydrogen-bond acceptors (Lipinski definition) is 3. The van der Waals surface area contributed by atoms with E-state index in [1.165, 1.54) is 0 Å². The van der Waals surface area contributed by atoms with Crippen molar-refractivity contribution < 1.29 is 21.9 Å². The average molecular weight is 292 g/mol. The molecule has 0 aliphatic carbocycles. The van der Waals surface area contributed by atoms with Gasteiger partial charge in [-0.3, -0.25) is 0 Å². The third-order valence-corrected chi connectivity index (χ3v) is 3.18. The molecule has 0 aromatic heterocycles. The molecule has 0 aliphatic rings. The molecule has 0 heterocycles. The Bertz CT molecular complexity index is 507. The molecular weight excluding hydrogens is 287 g/mol. The molecule has 0 saturated heterocycles. The molecule has 0 unspecified atom stereocenters. The maximum atomic E-state index is 11.9. The monoisotopic (exact) mass is 291 g/mol. The fraction of sp³-hybridized carbons (Fsp3) is 0.143. The van der Waals surface area contributed by atoms with Crippen molar-refractivity contribution in [2.45, 2.75) is 11.5 Å². The molecule has 0 fully saturated rings. The van der Waals surface area contributed by atoms with Gasteiger partial charge in [-0.1, -0.05) is 23.2 Å². The van der Waals surface area contributed by atoms with Gasteiger partial charge < -0.3 is 4.74 Å². The Balaban J connectivity index is 3.33. The largest absolute Gasteiger partial charge is 0.433 e. The minimum Gasteiger partial charge on any atom is -0.433 e. The summed E-state index contributed by atoms with van der Waals surface area (Å²) in [6.07, 6.45) is 0. The van der Waals surface area contributed by atoms with Crippen molar-refractivity contribution in [2.24, 2.45) is 5.14 Å². The van der Waals surface area contributed by atoms with Crippen LogP contribution in [0.4, 0.5) is 8.78 Å². The number of ether oxygens (including phenoxy) is 1. The van der Waals surface area contributed by atoms with E-state index >= 15 is 0 Å². The first-order chi connectivity index (χ1) is 7.21. The van der Waals surface area contributed by atoms with Gasteiger partial charge in [0.05, 0.1) is 10.0 Å². The summed E-state index contributed by atoms with van der Waals surface area (Å²) in [4.78, 5) is -0.533. The average Bonchev–Trinajstić information content (AvgIpc) is 2.06. The van der Waals surface area contributed by atoms with Crippen molar-refractivity contribution >= 4 is 33.2 Å². The van der Waals surface area contributed by atoms with Crippen LogP contribution in [0.25, 0.3) is 0 Å². The zero-order chi connectivity index (χ0) is 12.5. The third-order valence-electron chi connectivity index (χ3n) is 1.51. The summed E-state index contributed by atoms with van der Waals surface area (Å²) in [5.41, 5.74) is 0. The van der Waals surface area contributed by atoms with Gasteiger partial charge in [-0.15, -0.1) is 0 Å². The SMILES string of the molecule is NS(=O)(=O)c1cc(OC(F)F)c(Cl)cc1Cl. The number of primary sulfonamides is 1. The lowest BCUT2D eigenvalue weighted by molar-refractivity contribution is -0.0499. The molecule has 1 aromatic rings. The molecule has 1 aromatic carbocycles. The van der Waals surface area contributed by atoms with E-state index in [1.54, 1.807) is 0 Å². The molecule has 4 nitrogen and oxygen atoms in total. The summed E-state index contributed by atoms with van der Waals surface area (Å²) in [6.45, 7) is -3.13. The first-order valence-electron chi connectivity index (χ1n) is 3.68. The van der Waals surface area contributed by atoms with Crippen LogP contribution in [0.2, 0.25) is 10.0 Å². The highest BCUT2D eigenvalue weighted by molar-refractivity contribution is 7.89. The van der Waals surface area contributed by atoms with E-state index in [0.717, 1.165) is 12.1 Å². The Morgan fingerprint density at radius 2 is 1.81 bits per heavy atom. The molecule has 0 saturated carbocycles. The van der Waals surface area contributed by atoms with Gasteiger partial charge in [0.2, 0.25) is 10.0 Å². The lowest BCUT2D eigenvalue weighted by Crippen LogP contribution is -2.13. The smallest absolute Gasteiger partial charge is 0.387 e. The highest BCUT2D eigenvalue weighted by atomic mass is 35.5. The topological polar surface area (TPSA) is 69.4 Å². The van der Waals surface area contributed by atoms with E-state index in [1.807, 2.05) is 0 Å². The number of halogens is 4. The van der Waals surface area contributed by atoms with Crippen LogP contribution in [0.15, 0.2) is 17.0 Å². The van der Waals surface area contributed by atoms with Gasteiger partial charge in [0.1, 0.15) is 10.6 Å². The molecular formula is C7H5Cl2F2NO3S. The Morgan fingerprint density at radius 1 is 1.25 bits per heavy atom. The van der Waals surface area contributed by atoms with E-state index in [-0.39, 0.29) is 10.0 Å². The minimum absolute atomic E-state index is 0.238. The van der Waals surface area contributed by atoms with Crippen molar-refractivity contribution in [2.75, 3.05) is 0 Å². The van der Waals surface area contributed by atoms with Crippen LogP contribution in [0.3, 0.4) is 0 Å². The van der Waals surface area contributed by atoms with Gasteiger partial charge in [-0.05, 0) is 6.07 Å². The van der Waals surface area contributed by atoms with Crippen LogP contribution in [0.1, 0.15) is 0 Å². The number of alkyl halides is 2. The first-order valence-corrected chi connectivity index (χ1v) is 5.98. The summed E-state index contributed by atoms with van der Waals surface area (Å²) >= 11 is 11.1. The summed E-state index contributed by atoms with van der Waals surface area (Å²) in [5.74, 6) is -0.509. The molecule has 9 heteroatoms. The molecule has 0 amide bonds. The van der Waals surface area contributed by atoms with E-state index in [4.69, 9.17) is 28.3 Å². The van der Waals surface area contributed by atoms with Gasteiger partial charge >= 0.3 is 6.61 Å². The Kier molecular flexibility index (Phi) is 3.95. The van der Waals surface area contributed by atoms with Crippen molar-refractivity contribution in [1.82, 2.24) is 0 Å². The van der Waals surface area contributed by atoms with E-state index < -0.39 is 27.3 Å². The zero-order valence-corrected chi connectivity index (χ0v) is 9.78. The van der Waals surface area contributed by atoms with Crippen molar-refractivity contribution in [1.29, 1.82) is 0 Å². The Labute approximate surface area is 99.9 Å². The molecule has 0 spiro atoms. The quantitative estimate of drug-likeness (QED) is 0.928. The van der Waals surface area contributed by atoms with Gasteiger partial charge in [0.25, 0.3) is 0 Å². The molecule has 90 valence electrons. The summed E-state index contributed by atoms with van der Waals surface area (Å²) in [5, 5.41) is 4.30. The molecule has 0 atom stereocenters. The molecule has 0 aliphatic heterocycles. The van der Waals surface area contributed by atoms with Gasteiger partial charge in [-0.2, -0.15) is 8.78 Å². The van der Waals surface area contributed by atoms with Crippen LogP contribution < -0.4 is 9.88 Å². The number of benzene rings is 1. The maximum absolute atomic E-state index is 11.9. The molecule has 0 bridgehead atoms. The second-order valence-electron chi connectivity index (χ2n) is 2.64. The van der Waals surface area contributed by atoms with Gasteiger partial charge in [-0.25, -0.2) is 13.6 Å². The Hall–Kier alpha value is -0.630. The van der Waals surface area contributed by atoms with Gasteiger partial charge in [0.15, 0.2) is 0 Å². The van der Waals surface area contributed by atoms with Crippen LogP contribution in [0, 0.1) is 0 Å². The summed E-state index contributed by atoms with van der Waals surface area (Å²) in [7, 11) is -4.12. The second-order valence-corrected chi connectivity index (χ2v) is 4.98. The fourth-order valence-electron chi connectivity index (χ4n) is 0.915. The van der Waals surface area contributed by atoms with Crippen LogP contribution in [0.5, 0.6) is 5.75 Å². The third kappa shape index (κ3) is 3.18. The van der Waals surface area contributed by atoms with E-state index in [0.29, 0.717) is 0 Å². The minimum atomic E-state index is -4.12. The second kappa shape index (κ2) is 4.70. The van der Waals surface area contributed by atoms with E-state index in [2.05, 4.69) is 4.74 Å². The predicted molar refractivity (Wildman–Crippen MR) is 54.5 cm³/mol. The summed E-state index contributed by atoms with van der Waals surface area (Å²) in [6, 6.07) is 1.70. The first kappa shape index (κ1) is 13.4. The van der Waals surface area contributed by atoms with Crippen molar-refractivity contribution in [3.05, 3.63) is 22.2 Å². The number of rotatable bonds is 3. The highest BCUT2D eigenvalue weighted by Gasteiger charge is 2.18. The molecule has 16 heavy (non-hydrogen) atoms. The lowest BCUT2D eigenvalue weighted by Gasteiger charge is -2.09. The molecule has 2 N–H and O–H groups in total. The normalized spacial score (nSPS) is 11.9. The molecule has 0 radical (unpaired) electrons. The number of hydrogen-bond donors (Lipinski definition) is 1. The van der Waals surface area contributed by atoms with Crippen LogP contribution in [-0.4, -0.2) is 15.0 Å². The van der Waals surface area contributed by atoms with Crippen LogP contribution in [-0.2, 0) is 10.0 Å². The van der Waals surface area contributed by atoms with Crippen molar-refractivity contribution in [3.63, 3.8) is 0 Å². The van der Waals surface area contributed by atoms with Crippen molar-refractivity contribution in [3.8, 4) is 5.75 Å². The van der Waals surface area contributed by atoms with Gasteiger partial charge in [0, 0.05) is 6.07 Å². The fourth-order valence-corrected chi connectivity index (χ4v) is 2.27. The zero-order valence-electron chi connectivity index (χ0n) is 7.45. The van der Waals surface area contributed by atoms with Crippen LogP contribution >= 0.6 is 23.2 Å². The maximum Gasteiger partial charge on any atom is 0.387 e. The summed E-state index contributed by atoms with van der Waals surface area (Å²) < 4.78 is 49.9. The Morgan fingerprint density at radius 3 is 2.25 bits per heavy atom. The predicted octanol–water partition coefficient (Wildman–Crippen LogP) is 2.24.